The summed E-state index contributed by atoms with van der Waals surface area (Å²) in [5.41, 5.74) is 1.40. The first-order valence-electron chi connectivity index (χ1n) is 6.48. The predicted molar refractivity (Wildman–Crippen MR) is 83.8 cm³/mol. The van der Waals surface area contributed by atoms with Gasteiger partial charge in [0.05, 0.1) is 0 Å². The second-order valence-electron chi connectivity index (χ2n) is 4.91. The van der Waals surface area contributed by atoms with Gasteiger partial charge in [0.25, 0.3) is 0 Å². The molecule has 1 heterocycles. The van der Waals surface area contributed by atoms with Crippen LogP contribution in [0.4, 0.5) is 10.1 Å². The molecular formula is C15H14FNO2SSe. The monoisotopic (exact) mass is 371 g/mol. The van der Waals surface area contributed by atoms with Gasteiger partial charge in [-0.3, -0.25) is 0 Å². The van der Waals surface area contributed by atoms with Crippen LogP contribution in [0.15, 0.2) is 42.5 Å². The minimum absolute atomic E-state index is 0.112. The molecule has 1 aliphatic rings. The Balaban J connectivity index is 1.97. The molecule has 0 aromatic heterocycles. The van der Waals surface area contributed by atoms with Crippen molar-refractivity contribution in [3.05, 3.63) is 53.8 Å². The van der Waals surface area contributed by atoms with E-state index in [1.54, 1.807) is 0 Å². The summed E-state index contributed by atoms with van der Waals surface area (Å²) < 4.78 is 40.7. The van der Waals surface area contributed by atoms with Crippen LogP contribution in [0.3, 0.4) is 0 Å². The molecule has 0 saturated carbocycles. The minimum atomic E-state index is -3.33. The maximum atomic E-state index is 14.3. The molecule has 21 heavy (non-hydrogen) atoms. The van der Waals surface area contributed by atoms with E-state index >= 15 is 0 Å². The first kappa shape index (κ1) is 14.6. The number of halogens is 1. The first-order valence-corrected chi connectivity index (χ1v) is 10.0. The van der Waals surface area contributed by atoms with Gasteiger partial charge in [-0.1, -0.05) is 0 Å². The molecule has 2 aromatic carbocycles. The van der Waals surface area contributed by atoms with E-state index in [9.17, 15) is 12.8 Å². The topological polar surface area (TPSA) is 37.4 Å². The third kappa shape index (κ3) is 2.98. The van der Waals surface area contributed by atoms with Gasteiger partial charge in [-0.25, -0.2) is 0 Å². The van der Waals surface area contributed by atoms with Crippen molar-refractivity contribution in [1.82, 2.24) is 0 Å². The fraction of sp³-hybridized carbons (Fsp3) is 0.200. The van der Waals surface area contributed by atoms with Crippen molar-refractivity contribution in [2.24, 2.45) is 0 Å². The summed E-state index contributed by atoms with van der Waals surface area (Å²) in [7, 11) is -3.33. The molecule has 3 rings (SSSR count). The molecule has 1 aliphatic heterocycles. The van der Waals surface area contributed by atoms with Crippen LogP contribution >= 0.6 is 0 Å². The van der Waals surface area contributed by atoms with Crippen molar-refractivity contribution in [2.45, 2.75) is 6.42 Å². The molecule has 0 amide bonds. The zero-order valence-electron chi connectivity index (χ0n) is 11.4. The molecule has 6 heteroatoms. The second-order valence-corrected chi connectivity index (χ2v) is 9.16. The number of nitrogens with zero attached hydrogens (tertiary/aromatic N) is 1. The van der Waals surface area contributed by atoms with Crippen LogP contribution in [-0.2, 0) is 16.4 Å². The van der Waals surface area contributed by atoms with Gasteiger partial charge in [0.1, 0.15) is 0 Å². The number of rotatable bonds is 3. The SMILES string of the molecule is CS(=O)(=O)N1CCc2cc([Se]c3ccccc3)c(F)cc21. The standard InChI is InChI=1S/C15H14FNO2SSe/c1-20(18,19)17-8-7-11-9-15(13(16)10-14(11)17)21-12-5-3-2-4-6-12/h2-6,9-10H,7-8H2,1H3. The summed E-state index contributed by atoms with van der Waals surface area (Å²) in [4.78, 5) is 0. The van der Waals surface area contributed by atoms with E-state index in [4.69, 9.17) is 0 Å². The van der Waals surface area contributed by atoms with Crippen LogP contribution in [0.25, 0.3) is 0 Å². The third-order valence-corrected chi connectivity index (χ3v) is 6.72. The van der Waals surface area contributed by atoms with Gasteiger partial charge in [-0.2, -0.15) is 0 Å². The normalized spacial score (nSPS) is 14.3. The van der Waals surface area contributed by atoms with Crippen LogP contribution in [0.2, 0.25) is 0 Å². The van der Waals surface area contributed by atoms with Gasteiger partial charge in [0.2, 0.25) is 0 Å². The van der Waals surface area contributed by atoms with Crippen LogP contribution < -0.4 is 13.2 Å². The van der Waals surface area contributed by atoms with Gasteiger partial charge in [0.15, 0.2) is 0 Å². The predicted octanol–water partition coefficient (Wildman–Crippen LogP) is 0.803. The van der Waals surface area contributed by atoms with E-state index in [0.717, 1.165) is 16.3 Å². The summed E-state index contributed by atoms with van der Waals surface area (Å²) in [6, 6.07) is 13.0. The Morgan fingerprint density at radius 3 is 2.57 bits per heavy atom. The van der Waals surface area contributed by atoms with E-state index < -0.39 is 10.0 Å². The van der Waals surface area contributed by atoms with Crippen LogP contribution in [-0.4, -0.2) is 36.2 Å². The van der Waals surface area contributed by atoms with Crippen molar-refractivity contribution >= 4 is 39.6 Å². The Bertz CT molecular complexity index is 778. The molecule has 0 spiro atoms. The Morgan fingerprint density at radius 1 is 1.19 bits per heavy atom. The molecule has 0 saturated heterocycles. The molecule has 3 nitrogen and oxygen atoms in total. The van der Waals surface area contributed by atoms with E-state index in [-0.39, 0.29) is 20.8 Å². The molecule has 0 fully saturated rings. The van der Waals surface area contributed by atoms with Crippen LogP contribution in [0, 0.1) is 5.82 Å². The van der Waals surface area contributed by atoms with Crippen molar-refractivity contribution in [3.63, 3.8) is 0 Å². The second kappa shape index (κ2) is 5.44. The zero-order valence-corrected chi connectivity index (χ0v) is 13.9. The maximum absolute atomic E-state index is 14.3. The van der Waals surface area contributed by atoms with Gasteiger partial charge >= 0.3 is 130 Å². The Morgan fingerprint density at radius 2 is 1.90 bits per heavy atom. The average molecular weight is 370 g/mol. The van der Waals surface area contributed by atoms with E-state index in [1.807, 2.05) is 36.4 Å². The van der Waals surface area contributed by atoms with E-state index in [1.165, 1.54) is 10.4 Å². The van der Waals surface area contributed by atoms with Gasteiger partial charge < -0.3 is 0 Å². The zero-order chi connectivity index (χ0) is 15.0. The number of hydrogen-bond donors (Lipinski definition) is 0. The Labute approximate surface area is 130 Å². The number of sulfonamides is 1. The third-order valence-electron chi connectivity index (χ3n) is 3.36. The number of benzene rings is 2. The Kier molecular flexibility index (Phi) is 3.78. The van der Waals surface area contributed by atoms with Crippen molar-refractivity contribution in [3.8, 4) is 0 Å². The molecule has 0 bridgehead atoms. The molecular weight excluding hydrogens is 356 g/mol. The summed E-state index contributed by atoms with van der Waals surface area (Å²) in [6.45, 7) is 0.398. The summed E-state index contributed by atoms with van der Waals surface area (Å²) in [5.74, 6) is -0.326. The summed E-state index contributed by atoms with van der Waals surface area (Å²) in [6.07, 6.45) is 1.79. The molecule has 0 N–H and O–H groups in total. The fourth-order valence-electron chi connectivity index (χ4n) is 2.40. The van der Waals surface area contributed by atoms with E-state index in [2.05, 4.69) is 0 Å². The Hall–Kier alpha value is -1.36. The fourth-order valence-corrected chi connectivity index (χ4v) is 5.25. The molecule has 2 aromatic rings. The van der Waals surface area contributed by atoms with Gasteiger partial charge in [-0.05, 0) is 0 Å². The number of hydrogen-bond acceptors (Lipinski definition) is 2. The van der Waals surface area contributed by atoms with Crippen molar-refractivity contribution in [2.75, 3.05) is 17.1 Å². The number of anilines is 1. The van der Waals surface area contributed by atoms with Crippen LogP contribution in [0.1, 0.15) is 5.56 Å². The van der Waals surface area contributed by atoms with Crippen molar-refractivity contribution in [1.29, 1.82) is 0 Å². The summed E-state index contributed by atoms with van der Waals surface area (Å²) >= 11 is -0.112. The molecule has 0 unspecified atom stereocenters. The van der Waals surface area contributed by atoms with Crippen LogP contribution in [0.5, 0.6) is 0 Å². The first-order chi connectivity index (χ1) is 9.95. The van der Waals surface area contributed by atoms with E-state index in [0.29, 0.717) is 23.1 Å². The molecule has 0 aliphatic carbocycles. The van der Waals surface area contributed by atoms with Crippen molar-refractivity contribution < 1.29 is 12.8 Å². The summed E-state index contributed by atoms with van der Waals surface area (Å²) in [5, 5.41) is 0. The molecule has 110 valence electrons. The molecule has 0 atom stereocenters. The van der Waals surface area contributed by atoms with Gasteiger partial charge in [0, 0.05) is 0 Å². The number of fused-ring (bicyclic) bond motifs is 1. The molecule has 0 radical (unpaired) electrons. The van der Waals surface area contributed by atoms with Gasteiger partial charge in [-0.15, -0.1) is 0 Å². The quantitative estimate of drug-likeness (QED) is 0.750. The average Bonchev–Trinajstić information content (AvgIpc) is 2.83.